The Hall–Kier alpha value is -1.81. The van der Waals surface area contributed by atoms with Crippen LogP contribution in [0.3, 0.4) is 0 Å². The smallest absolute Gasteiger partial charge is 0.178 e. The van der Waals surface area contributed by atoms with Crippen molar-refractivity contribution in [1.82, 2.24) is 15.0 Å². The third-order valence-corrected chi connectivity index (χ3v) is 2.31. The van der Waals surface area contributed by atoms with Crippen LogP contribution in [-0.2, 0) is 6.61 Å². The lowest BCUT2D eigenvalue weighted by Gasteiger charge is -2.04. The van der Waals surface area contributed by atoms with Gasteiger partial charge in [0.2, 0.25) is 0 Å². The molecule has 2 aromatic rings. The van der Waals surface area contributed by atoms with Crippen LogP contribution in [0.2, 0.25) is 0 Å². The normalized spacial score (nSPS) is 10.4. The molecular formula is C12H13N3O. The third-order valence-electron chi connectivity index (χ3n) is 2.31. The Balaban J connectivity index is 2.42. The van der Waals surface area contributed by atoms with Crippen LogP contribution in [-0.4, -0.2) is 20.1 Å². The van der Waals surface area contributed by atoms with E-state index in [0.29, 0.717) is 11.4 Å². The zero-order valence-electron chi connectivity index (χ0n) is 9.31. The molecule has 0 aromatic carbocycles. The van der Waals surface area contributed by atoms with Gasteiger partial charge in [0.1, 0.15) is 5.69 Å². The summed E-state index contributed by atoms with van der Waals surface area (Å²) in [5.74, 6) is 0.592. The lowest BCUT2D eigenvalue weighted by molar-refractivity contribution is 0.281. The van der Waals surface area contributed by atoms with Gasteiger partial charge in [-0.25, -0.2) is 9.97 Å². The van der Waals surface area contributed by atoms with Gasteiger partial charge in [-0.15, -0.1) is 0 Å². The van der Waals surface area contributed by atoms with Crippen molar-refractivity contribution in [2.24, 2.45) is 0 Å². The van der Waals surface area contributed by atoms with Crippen molar-refractivity contribution in [3.8, 4) is 11.5 Å². The second kappa shape index (κ2) is 4.37. The highest BCUT2D eigenvalue weighted by Crippen LogP contribution is 2.17. The van der Waals surface area contributed by atoms with E-state index in [0.717, 1.165) is 16.8 Å². The SMILES string of the molecule is Cc1cnc(-c2ncc(CO)cn2)c(C)c1. The number of aryl methyl sites for hydroxylation is 2. The van der Waals surface area contributed by atoms with Crippen LogP contribution in [0.15, 0.2) is 24.7 Å². The predicted molar refractivity (Wildman–Crippen MR) is 60.7 cm³/mol. The maximum Gasteiger partial charge on any atom is 0.178 e. The summed E-state index contributed by atoms with van der Waals surface area (Å²) in [6, 6.07) is 2.05. The topological polar surface area (TPSA) is 58.9 Å². The quantitative estimate of drug-likeness (QED) is 0.827. The van der Waals surface area contributed by atoms with Crippen LogP contribution in [0.1, 0.15) is 16.7 Å². The van der Waals surface area contributed by atoms with Gasteiger partial charge in [0, 0.05) is 24.2 Å². The predicted octanol–water partition coefficient (Wildman–Crippen LogP) is 1.65. The van der Waals surface area contributed by atoms with Crippen molar-refractivity contribution in [2.75, 3.05) is 0 Å². The van der Waals surface area contributed by atoms with E-state index in [-0.39, 0.29) is 6.61 Å². The van der Waals surface area contributed by atoms with E-state index in [9.17, 15) is 0 Å². The first-order valence-electron chi connectivity index (χ1n) is 5.06. The highest BCUT2D eigenvalue weighted by atomic mass is 16.3. The van der Waals surface area contributed by atoms with Gasteiger partial charge >= 0.3 is 0 Å². The average Bonchev–Trinajstić information content (AvgIpc) is 2.29. The van der Waals surface area contributed by atoms with Crippen LogP contribution >= 0.6 is 0 Å². The van der Waals surface area contributed by atoms with Gasteiger partial charge in [-0.3, -0.25) is 4.98 Å². The van der Waals surface area contributed by atoms with Crippen LogP contribution in [0, 0.1) is 13.8 Å². The number of pyridine rings is 1. The van der Waals surface area contributed by atoms with E-state index < -0.39 is 0 Å². The Morgan fingerprint density at radius 1 is 1.06 bits per heavy atom. The molecule has 82 valence electrons. The molecule has 0 aliphatic rings. The first-order valence-corrected chi connectivity index (χ1v) is 5.06. The second-order valence-electron chi connectivity index (χ2n) is 3.75. The minimum atomic E-state index is -0.0411. The molecule has 0 radical (unpaired) electrons. The summed E-state index contributed by atoms with van der Waals surface area (Å²) >= 11 is 0. The molecule has 0 saturated heterocycles. The zero-order chi connectivity index (χ0) is 11.5. The summed E-state index contributed by atoms with van der Waals surface area (Å²) in [6.07, 6.45) is 5.03. The lowest BCUT2D eigenvalue weighted by atomic mass is 10.1. The molecule has 0 aliphatic carbocycles. The largest absolute Gasteiger partial charge is 0.392 e. The van der Waals surface area contributed by atoms with Crippen molar-refractivity contribution >= 4 is 0 Å². The molecule has 0 fully saturated rings. The van der Waals surface area contributed by atoms with Gasteiger partial charge in [0.15, 0.2) is 5.82 Å². The number of nitrogens with zero attached hydrogens (tertiary/aromatic N) is 3. The molecule has 0 aliphatic heterocycles. The molecule has 0 bridgehead atoms. The fourth-order valence-electron chi connectivity index (χ4n) is 1.51. The number of hydrogen-bond acceptors (Lipinski definition) is 4. The highest BCUT2D eigenvalue weighted by molar-refractivity contribution is 5.54. The molecular weight excluding hydrogens is 202 g/mol. The van der Waals surface area contributed by atoms with Crippen molar-refractivity contribution in [2.45, 2.75) is 20.5 Å². The van der Waals surface area contributed by atoms with Crippen molar-refractivity contribution < 1.29 is 5.11 Å². The number of aliphatic hydroxyl groups is 1. The van der Waals surface area contributed by atoms with Gasteiger partial charge in [-0.1, -0.05) is 6.07 Å². The molecule has 2 heterocycles. The summed E-state index contributed by atoms with van der Waals surface area (Å²) < 4.78 is 0. The monoisotopic (exact) mass is 215 g/mol. The molecule has 16 heavy (non-hydrogen) atoms. The number of aliphatic hydroxyl groups excluding tert-OH is 1. The van der Waals surface area contributed by atoms with E-state index >= 15 is 0 Å². The Morgan fingerprint density at radius 3 is 2.31 bits per heavy atom. The fraction of sp³-hybridized carbons (Fsp3) is 0.250. The zero-order valence-corrected chi connectivity index (χ0v) is 9.31. The lowest BCUT2D eigenvalue weighted by Crippen LogP contribution is -1.96. The summed E-state index contributed by atoms with van der Waals surface area (Å²) in [7, 11) is 0. The maximum atomic E-state index is 8.89. The highest BCUT2D eigenvalue weighted by Gasteiger charge is 2.06. The van der Waals surface area contributed by atoms with Crippen molar-refractivity contribution in [1.29, 1.82) is 0 Å². The van der Waals surface area contributed by atoms with Crippen LogP contribution in [0.5, 0.6) is 0 Å². The van der Waals surface area contributed by atoms with E-state index in [1.165, 1.54) is 0 Å². The Bertz CT molecular complexity index is 494. The van der Waals surface area contributed by atoms with Crippen LogP contribution in [0.25, 0.3) is 11.5 Å². The van der Waals surface area contributed by atoms with E-state index in [1.54, 1.807) is 18.6 Å². The van der Waals surface area contributed by atoms with Crippen molar-refractivity contribution in [3.63, 3.8) is 0 Å². The van der Waals surface area contributed by atoms with Crippen LogP contribution in [0.4, 0.5) is 0 Å². The van der Waals surface area contributed by atoms with Gasteiger partial charge in [0.05, 0.1) is 6.61 Å². The van der Waals surface area contributed by atoms with E-state index in [4.69, 9.17) is 5.11 Å². The molecule has 0 saturated carbocycles. The molecule has 4 nitrogen and oxygen atoms in total. The second-order valence-corrected chi connectivity index (χ2v) is 3.75. The first kappa shape index (κ1) is 10.7. The van der Waals surface area contributed by atoms with Gasteiger partial charge in [-0.2, -0.15) is 0 Å². The molecule has 1 N–H and O–H groups in total. The molecule has 0 atom stereocenters. The maximum absolute atomic E-state index is 8.89. The number of hydrogen-bond donors (Lipinski definition) is 1. The minimum absolute atomic E-state index is 0.0411. The van der Waals surface area contributed by atoms with Gasteiger partial charge < -0.3 is 5.11 Å². The Kier molecular flexibility index (Phi) is 2.92. The summed E-state index contributed by atoms with van der Waals surface area (Å²) in [6.45, 7) is 3.94. The van der Waals surface area contributed by atoms with E-state index in [1.807, 2.05) is 19.9 Å². The Labute approximate surface area is 94.0 Å². The van der Waals surface area contributed by atoms with Crippen LogP contribution < -0.4 is 0 Å². The third kappa shape index (κ3) is 2.06. The van der Waals surface area contributed by atoms with Gasteiger partial charge in [0.25, 0.3) is 0 Å². The summed E-state index contributed by atoms with van der Waals surface area (Å²) in [4.78, 5) is 12.7. The number of aromatic nitrogens is 3. The molecule has 0 spiro atoms. The standard InChI is InChI=1S/C12H13N3O/c1-8-3-9(2)11(13-4-8)12-14-5-10(7-16)6-15-12/h3-6,16H,7H2,1-2H3. The fourth-order valence-corrected chi connectivity index (χ4v) is 1.51. The molecule has 2 aromatic heterocycles. The summed E-state index contributed by atoms with van der Waals surface area (Å²) in [5.41, 5.74) is 3.66. The number of rotatable bonds is 2. The minimum Gasteiger partial charge on any atom is -0.392 e. The van der Waals surface area contributed by atoms with Gasteiger partial charge in [-0.05, 0) is 25.0 Å². The Morgan fingerprint density at radius 2 is 1.75 bits per heavy atom. The first-order chi connectivity index (χ1) is 7.70. The molecule has 0 amide bonds. The van der Waals surface area contributed by atoms with E-state index in [2.05, 4.69) is 15.0 Å². The average molecular weight is 215 g/mol. The molecule has 4 heteroatoms. The molecule has 0 unspecified atom stereocenters. The molecule has 2 rings (SSSR count). The summed E-state index contributed by atoms with van der Waals surface area (Å²) in [5, 5.41) is 8.89. The van der Waals surface area contributed by atoms with Crippen molar-refractivity contribution in [3.05, 3.63) is 41.3 Å².